The highest BCUT2D eigenvalue weighted by atomic mass is 79.9. The van der Waals surface area contributed by atoms with Gasteiger partial charge in [-0.25, -0.2) is 8.78 Å². The molecule has 1 aromatic heterocycles. The second-order valence-electron chi connectivity index (χ2n) is 3.63. The molecular weight excluding hydrogens is 313 g/mol. The predicted molar refractivity (Wildman–Crippen MR) is 65.2 cm³/mol. The minimum atomic E-state index is -0.851. The van der Waals surface area contributed by atoms with Crippen molar-refractivity contribution in [3.05, 3.63) is 57.5 Å². The van der Waals surface area contributed by atoms with E-state index in [1.807, 2.05) is 0 Å². The van der Waals surface area contributed by atoms with E-state index in [0.29, 0.717) is 10.4 Å². The van der Waals surface area contributed by atoms with Crippen LogP contribution in [-0.2, 0) is 0 Å². The van der Waals surface area contributed by atoms with Gasteiger partial charge in [0, 0.05) is 5.56 Å². The lowest BCUT2D eigenvalue weighted by Crippen LogP contribution is -1.98. The molecule has 0 fully saturated rings. The minimum Gasteiger partial charge on any atom is -0.452 e. The van der Waals surface area contributed by atoms with E-state index in [1.165, 1.54) is 6.92 Å². The molecule has 1 heterocycles. The topological polar surface area (TPSA) is 13.1 Å². The van der Waals surface area contributed by atoms with E-state index in [0.717, 1.165) is 12.1 Å². The molecule has 0 saturated carbocycles. The maximum absolute atomic E-state index is 13.7. The third kappa shape index (κ3) is 2.53. The minimum absolute atomic E-state index is 0.0663. The Morgan fingerprint density at radius 1 is 1.24 bits per heavy atom. The molecule has 1 aromatic carbocycles. The summed E-state index contributed by atoms with van der Waals surface area (Å²) in [7, 11) is 0. The van der Waals surface area contributed by atoms with Gasteiger partial charge in [0.05, 0.1) is 0 Å². The van der Waals surface area contributed by atoms with E-state index < -0.39 is 17.0 Å². The lowest BCUT2D eigenvalue weighted by Gasteiger charge is -2.09. The monoisotopic (exact) mass is 320 g/mol. The summed E-state index contributed by atoms with van der Waals surface area (Å²) < 4.78 is 32.8. The lowest BCUT2D eigenvalue weighted by atomic mass is 10.1. The van der Waals surface area contributed by atoms with Crippen molar-refractivity contribution in [1.29, 1.82) is 0 Å². The van der Waals surface area contributed by atoms with Gasteiger partial charge in [-0.2, -0.15) is 0 Å². The molecule has 90 valence electrons. The van der Waals surface area contributed by atoms with Crippen LogP contribution in [0.1, 0.15) is 22.3 Å². The second kappa shape index (κ2) is 4.78. The van der Waals surface area contributed by atoms with Crippen molar-refractivity contribution in [1.82, 2.24) is 0 Å². The average Bonchev–Trinajstić information content (AvgIpc) is 2.69. The van der Waals surface area contributed by atoms with Crippen LogP contribution in [0, 0.1) is 18.6 Å². The summed E-state index contributed by atoms with van der Waals surface area (Å²) in [6, 6.07) is 5.48. The van der Waals surface area contributed by atoms with E-state index in [-0.39, 0.29) is 11.1 Å². The first-order valence-corrected chi connectivity index (χ1v) is 6.07. The zero-order valence-electron chi connectivity index (χ0n) is 8.81. The zero-order chi connectivity index (χ0) is 12.6. The predicted octanol–water partition coefficient (Wildman–Crippen LogP) is 4.96. The van der Waals surface area contributed by atoms with E-state index >= 15 is 0 Å². The molecule has 0 amide bonds. The summed E-state index contributed by atoms with van der Waals surface area (Å²) in [5.74, 6) is -0.671. The molecule has 0 saturated heterocycles. The van der Waals surface area contributed by atoms with E-state index in [2.05, 4.69) is 15.9 Å². The Hall–Kier alpha value is -0.870. The van der Waals surface area contributed by atoms with Crippen molar-refractivity contribution in [3.63, 3.8) is 0 Å². The Morgan fingerprint density at radius 2 is 1.94 bits per heavy atom. The van der Waals surface area contributed by atoms with Crippen molar-refractivity contribution in [2.24, 2.45) is 0 Å². The molecule has 1 nitrogen and oxygen atoms in total. The molecule has 1 unspecified atom stereocenters. The summed E-state index contributed by atoms with van der Waals surface area (Å²) in [4.78, 5) is 0. The number of benzene rings is 1. The molecule has 2 rings (SSSR count). The van der Waals surface area contributed by atoms with Crippen LogP contribution in [0.3, 0.4) is 0 Å². The van der Waals surface area contributed by atoms with Crippen LogP contribution in [0.2, 0.25) is 0 Å². The SMILES string of the molecule is Cc1cc(F)c(C(Cl)c2ccc(Br)o2)cc1F. The number of hydrogen-bond donors (Lipinski definition) is 0. The summed E-state index contributed by atoms with van der Waals surface area (Å²) in [6.07, 6.45) is 0. The Balaban J connectivity index is 2.43. The maximum atomic E-state index is 13.7. The van der Waals surface area contributed by atoms with Crippen LogP contribution in [-0.4, -0.2) is 0 Å². The van der Waals surface area contributed by atoms with Gasteiger partial charge < -0.3 is 4.42 Å². The lowest BCUT2D eigenvalue weighted by molar-refractivity contribution is 0.487. The zero-order valence-corrected chi connectivity index (χ0v) is 11.1. The Kier molecular flexibility index (Phi) is 3.54. The summed E-state index contributed by atoms with van der Waals surface area (Å²) in [5.41, 5.74) is 0.312. The fraction of sp³-hybridized carbons (Fsp3) is 0.167. The van der Waals surface area contributed by atoms with Gasteiger partial charge in [0.2, 0.25) is 0 Å². The van der Waals surface area contributed by atoms with Gasteiger partial charge in [0.25, 0.3) is 0 Å². The first-order valence-electron chi connectivity index (χ1n) is 4.84. The number of hydrogen-bond acceptors (Lipinski definition) is 1. The highest BCUT2D eigenvalue weighted by Gasteiger charge is 2.20. The van der Waals surface area contributed by atoms with Gasteiger partial charge >= 0.3 is 0 Å². The average molecular weight is 322 g/mol. The smallest absolute Gasteiger partial charge is 0.169 e. The molecule has 0 spiro atoms. The van der Waals surface area contributed by atoms with Gasteiger partial charge in [0.1, 0.15) is 22.8 Å². The standard InChI is InChI=1S/C12H8BrClF2O/c1-6-4-9(16)7(5-8(6)15)12(14)10-2-3-11(13)17-10/h2-5,12H,1H3. The Morgan fingerprint density at radius 3 is 2.53 bits per heavy atom. The van der Waals surface area contributed by atoms with E-state index in [1.54, 1.807) is 12.1 Å². The maximum Gasteiger partial charge on any atom is 0.169 e. The van der Waals surface area contributed by atoms with Gasteiger partial charge in [-0.1, -0.05) is 0 Å². The van der Waals surface area contributed by atoms with Crippen molar-refractivity contribution in [3.8, 4) is 0 Å². The van der Waals surface area contributed by atoms with Crippen molar-refractivity contribution in [2.75, 3.05) is 0 Å². The fourth-order valence-electron chi connectivity index (χ4n) is 1.47. The van der Waals surface area contributed by atoms with Crippen LogP contribution < -0.4 is 0 Å². The first-order chi connectivity index (χ1) is 7.99. The summed E-state index contributed by atoms with van der Waals surface area (Å²) in [6.45, 7) is 1.49. The molecule has 5 heteroatoms. The molecule has 2 aromatic rings. The molecule has 0 aliphatic carbocycles. The van der Waals surface area contributed by atoms with Gasteiger partial charge in [-0.15, -0.1) is 11.6 Å². The second-order valence-corrected chi connectivity index (χ2v) is 4.85. The van der Waals surface area contributed by atoms with Crippen molar-refractivity contribution in [2.45, 2.75) is 12.3 Å². The fourth-order valence-corrected chi connectivity index (χ4v) is 2.08. The van der Waals surface area contributed by atoms with Crippen LogP contribution in [0.15, 0.2) is 33.4 Å². The highest BCUT2D eigenvalue weighted by molar-refractivity contribution is 9.10. The van der Waals surface area contributed by atoms with Crippen LogP contribution in [0.4, 0.5) is 8.78 Å². The molecule has 0 aliphatic heterocycles. The van der Waals surface area contributed by atoms with Gasteiger partial charge in [-0.05, 0) is 52.7 Å². The highest BCUT2D eigenvalue weighted by Crippen LogP contribution is 2.33. The van der Waals surface area contributed by atoms with Crippen LogP contribution >= 0.6 is 27.5 Å². The number of rotatable bonds is 2. The molecule has 0 aliphatic rings. The molecule has 1 atom stereocenters. The molecule has 0 bridgehead atoms. The molecular formula is C12H8BrClF2O. The third-order valence-corrected chi connectivity index (χ3v) is 3.27. The van der Waals surface area contributed by atoms with Crippen molar-refractivity contribution < 1.29 is 13.2 Å². The van der Waals surface area contributed by atoms with Gasteiger partial charge in [0.15, 0.2) is 4.67 Å². The van der Waals surface area contributed by atoms with E-state index in [4.69, 9.17) is 16.0 Å². The molecule has 17 heavy (non-hydrogen) atoms. The number of aryl methyl sites for hydroxylation is 1. The number of halogens is 4. The summed E-state index contributed by atoms with van der Waals surface area (Å²) >= 11 is 9.18. The van der Waals surface area contributed by atoms with Crippen LogP contribution in [0.5, 0.6) is 0 Å². The quantitative estimate of drug-likeness (QED) is 0.713. The largest absolute Gasteiger partial charge is 0.452 e. The molecule has 0 N–H and O–H groups in total. The first kappa shape index (κ1) is 12.6. The van der Waals surface area contributed by atoms with Gasteiger partial charge in [-0.3, -0.25) is 0 Å². The third-order valence-electron chi connectivity index (χ3n) is 2.39. The van der Waals surface area contributed by atoms with E-state index in [9.17, 15) is 8.78 Å². The van der Waals surface area contributed by atoms with Crippen molar-refractivity contribution >= 4 is 27.5 Å². The normalized spacial score (nSPS) is 12.8. The summed E-state index contributed by atoms with van der Waals surface area (Å²) in [5, 5.41) is -0.851. The molecule has 0 radical (unpaired) electrons. The Bertz CT molecular complexity index is 553. The number of alkyl halides is 1. The van der Waals surface area contributed by atoms with Crippen LogP contribution in [0.25, 0.3) is 0 Å². The Labute approximate surface area is 111 Å². The number of furan rings is 1.